The van der Waals surface area contributed by atoms with Crippen molar-refractivity contribution in [2.45, 2.75) is 12.3 Å². The van der Waals surface area contributed by atoms with E-state index < -0.39 is 0 Å². The molecule has 0 bridgehead atoms. The molecular formula is C15H12BrCl2F. The number of benzene rings is 2. The summed E-state index contributed by atoms with van der Waals surface area (Å²) < 4.78 is 14.6. The molecule has 0 radical (unpaired) electrons. The minimum Gasteiger partial charge on any atom is -0.207 e. The van der Waals surface area contributed by atoms with Crippen molar-refractivity contribution in [3.05, 3.63) is 68.9 Å². The average Bonchev–Trinajstić information content (AvgIpc) is 2.41. The fourth-order valence-corrected chi connectivity index (χ4v) is 2.78. The van der Waals surface area contributed by atoms with Crippen LogP contribution in [0.15, 0.2) is 46.9 Å². The molecule has 0 aliphatic heterocycles. The van der Waals surface area contributed by atoms with Gasteiger partial charge in [0, 0.05) is 21.3 Å². The summed E-state index contributed by atoms with van der Waals surface area (Å²) in [7, 11) is 0. The molecule has 1 atom stereocenters. The first kappa shape index (κ1) is 14.8. The minimum absolute atomic E-state index is 0.0720. The standard InChI is InChI=1S/C15H12BrCl2F/c16-13-3-6-15(19)11(8-13)7-12(9-17)10-1-4-14(18)5-2-10/h1-6,8,12H,7,9H2. The van der Waals surface area contributed by atoms with E-state index >= 15 is 0 Å². The second-order valence-corrected chi connectivity index (χ2v) is 6.00. The first-order valence-electron chi connectivity index (χ1n) is 5.85. The van der Waals surface area contributed by atoms with Gasteiger partial charge in [-0.3, -0.25) is 0 Å². The largest absolute Gasteiger partial charge is 0.207 e. The van der Waals surface area contributed by atoms with Gasteiger partial charge in [0.25, 0.3) is 0 Å². The molecule has 0 saturated heterocycles. The normalized spacial score (nSPS) is 12.4. The molecule has 0 saturated carbocycles. The maximum Gasteiger partial charge on any atom is 0.126 e. The molecule has 100 valence electrons. The third-order valence-electron chi connectivity index (χ3n) is 3.00. The Kier molecular flexibility index (Phi) is 5.26. The lowest BCUT2D eigenvalue weighted by Gasteiger charge is -2.15. The Morgan fingerprint density at radius 2 is 1.79 bits per heavy atom. The summed E-state index contributed by atoms with van der Waals surface area (Å²) in [6.07, 6.45) is 0.566. The van der Waals surface area contributed by atoms with Crippen molar-refractivity contribution < 1.29 is 4.39 Å². The molecule has 0 aliphatic rings. The van der Waals surface area contributed by atoms with Gasteiger partial charge in [-0.05, 0) is 47.9 Å². The molecule has 0 nitrogen and oxygen atoms in total. The molecule has 2 rings (SSSR count). The van der Waals surface area contributed by atoms with Crippen LogP contribution in [0, 0.1) is 5.82 Å². The molecule has 19 heavy (non-hydrogen) atoms. The highest BCUT2D eigenvalue weighted by Gasteiger charge is 2.14. The van der Waals surface area contributed by atoms with Crippen molar-refractivity contribution in [2.24, 2.45) is 0 Å². The molecular weight excluding hydrogens is 350 g/mol. The van der Waals surface area contributed by atoms with Crippen LogP contribution in [0.25, 0.3) is 0 Å². The minimum atomic E-state index is -0.202. The fourth-order valence-electron chi connectivity index (χ4n) is 1.96. The maximum absolute atomic E-state index is 13.8. The van der Waals surface area contributed by atoms with Crippen LogP contribution >= 0.6 is 39.1 Å². The second-order valence-electron chi connectivity index (χ2n) is 4.34. The first-order valence-corrected chi connectivity index (χ1v) is 7.56. The van der Waals surface area contributed by atoms with E-state index in [0.29, 0.717) is 22.9 Å². The van der Waals surface area contributed by atoms with Crippen LogP contribution in [0.4, 0.5) is 4.39 Å². The molecule has 4 heteroatoms. The van der Waals surface area contributed by atoms with Crippen LogP contribution in [0.3, 0.4) is 0 Å². The summed E-state index contributed by atoms with van der Waals surface area (Å²) >= 11 is 15.2. The maximum atomic E-state index is 13.8. The fraction of sp³-hybridized carbons (Fsp3) is 0.200. The number of hydrogen-bond donors (Lipinski definition) is 0. The molecule has 0 aromatic heterocycles. The van der Waals surface area contributed by atoms with E-state index in [4.69, 9.17) is 23.2 Å². The molecule has 0 aliphatic carbocycles. The van der Waals surface area contributed by atoms with E-state index in [1.807, 2.05) is 24.3 Å². The van der Waals surface area contributed by atoms with Gasteiger partial charge in [0.05, 0.1) is 0 Å². The third kappa shape index (κ3) is 3.95. The highest BCUT2D eigenvalue weighted by molar-refractivity contribution is 9.10. The van der Waals surface area contributed by atoms with E-state index in [2.05, 4.69) is 15.9 Å². The van der Waals surface area contributed by atoms with E-state index in [1.165, 1.54) is 6.07 Å². The molecule has 2 aromatic rings. The highest BCUT2D eigenvalue weighted by atomic mass is 79.9. The number of halogens is 4. The Balaban J connectivity index is 2.23. The highest BCUT2D eigenvalue weighted by Crippen LogP contribution is 2.26. The SMILES string of the molecule is Fc1ccc(Br)cc1CC(CCl)c1ccc(Cl)cc1. The molecule has 1 unspecified atom stereocenters. The summed E-state index contributed by atoms with van der Waals surface area (Å²) in [6.45, 7) is 0. The molecule has 0 N–H and O–H groups in total. The van der Waals surface area contributed by atoms with E-state index in [0.717, 1.165) is 10.0 Å². The van der Waals surface area contributed by atoms with E-state index in [-0.39, 0.29) is 11.7 Å². The van der Waals surface area contributed by atoms with Crippen molar-refractivity contribution >= 4 is 39.1 Å². The van der Waals surface area contributed by atoms with Gasteiger partial charge in [-0.15, -0.1) is 11.6 Å². The zero-order valence-corrected chi connectivity index (χ0v) is 13.1. The molecule has 0 fully saturated rings. The van der Waals surface area contributed by atoms with E-state index in [9.17, 15) is 4.39 Å². The molecule has 0 amide bonds. The third-order valence-corrected chi connectivity index (χ3v) is 4.12. The Morgan fingerprint density at radius 3 is 2.42 bits per heavy atom. The summed E-state index contributed by atoms with van der Waals surface area (Å²) in [5.41, 5.74) is 1.73. The monoisotopic (exact) mass is 360 g/mol. The Morgan fingerprint density at radius 1 is 1.11 bits per heavy atom. The van der Waals surface area contributed by atoms with Gasteiger partial charge in [-0.1, -0.05) is 39.7 Å². The van der Waals surface area contributed by atoms with Gasteiger partial charge in [-0.2, -0.15) is 0 Å². The van der Waals surface area contributed by atoms with Crippen molar-refractivity contribution in [1.82, 2.24) is 0 Å². The smallest absolute Gasteiger partial charge is 0.126 e. The Bertz CT molecular complexity index is 555. The van der Waals surface area contributed by atoms with Crippen LogP contribution in [-0.2, 0) is 6.42 Å². The molecule has 0 spiro atoms. The van der Waals surface area contributed by atoms with Gasteiger partial charge in [-0.25, -0.2) is 4.39 Å². The quantitative estimate of drug-likeness (QED) is 0.603. The van der Waals surface area contributed by atoms with Crippen LogP contribution in [-0.4, -0.2) is 5.88 Å². The number of rotatable bonds is 4. The lowest BCUT2D eigenvalue weighted by Crippen LogP contribution is -2.06. The van der Waals surface area contributed by atoms with Crippen molar-refractivity contribution in [2.75, 3.05) is 5.88 Å². The number of alkyl halides is 1. The lowest BCUT2D eigenvalue weighted by molar-refractivity contribution is 0.598. The van der Waals surface area contributed by atoms with Crippen molar-refractivity contribution in [1.29, 1.82) is 0 Å². The van der Waals surface area contributed by atoms with Crippen LogP contribution in [0.5, 0.6) is 0 Å². The van der Waals surface area contributed by atoms with Gasteiger partial charge in [0.1, 0.15) is 5.82 Å². The predicted octanol–water partition coefficient (Wildman–Crippen LogP) is 5.81. The Labute approximate surface area is 130 Å². The average molecular weight is 362 g/mol. The molecule has 0 heterocycles. The van der Waals surface area contributed by atoms with Crippen LogP contribution in [0.2, 0.25) is 5.02 Å². The zero-order chi connectivity index (χ0) is 13.8. The predicted molar refractivity (Wildman–Crippen MR) is 82.7 cm³/mol. The Hall–Kier alpha value is -0.570. The lowest BCUT2D eigenvalue weighted by atomic mass is 9.93. The summed E-state index contributed by atoms with van der Waals surface area (Å²) in [6, 6.07) is 12.5. The van der Waals surface area contributed by atoms with Gasteiger partial charge in [0.2, 0.25) is 0 Å². The molecule has 2 aromatic carbocycles. The van der Waals surface area contributed by atoms with Gasteiger partial charge < -0.3 is 0 Å². The number of hydrogen-bond acceptors (Lipinski definition) is 0. The van der Waals surface area contributed by atoms with Crippen molar-refractivity contribution in [3.8, 4) is 0 Å². The zero-order valence-electron chi connectivity index (χ0n) is 10.0. The van der Waals surface area contributed by atoms with E-state index in [1.54, 1.807) is 12.1 Å². The van der Waals surface area contributed by atoms with Crippen molar-refractivity contribution in [3.63, 3.8) is 0 Å². The van der Waals surface area contributed by atoms with Gasteiger partial charge >= 0.3 is 0 Å². The van der Waals surface area contributed by atoms with Crippen LogP contribution in [0.1, 0.15) is 17.0 Å². The topological polar surface area (TPSA) is 0 Å². The summed E-state index contributed by atoms with van der Waals surface area (Å²) in [4.78, 5) is 0. The summed E-state index contributed by atoms with van der Waals surface area (Å²) in [5, 5.41) is 0.686. The van der Waals surface area contributed by atoms with Crippen LogP contribution < -0.4 is 0 Å². The second kappa shape index (κ2) is 6.74. The van der Waals surface area contributed by atoms with Gasteiger partial charge in [0.15, 0.2) is 0 Å². The summed E-state index contributed by atoms with van der Waals surface area (Å²) in [5.74, 6) is 0.308. The first-order chi connectivity index (χ1) is 9.10.